The number of carboxylic acid groups (broad SMARTS) is 1. The molecule has 39 heavy (non-hydrogen) atoms. The number of sulfone groups is 1. The van der Waals surface area contributed by atoms with E-state index in [-0.39, 0.29) is 57.6 Å². The van der Waals surface area contributed by atoms with Crippen molar-refractivity contribution < 1.29 is 71.1 Å². The molecule has 1 aromatic rings. The first-order chi connectivity index (χ1) is 17.7. The number of nitrogens with two attached hydrogens (primary N) is 1. The molecular formula is C18H21N6NaO9S5. The Labute approximate surface area is 258 Å². The van der Waals surface area contributed by atoms with Gasteiger partial charge in [-0.3, -0.25) is 14.5 Å². The zero-order valence-corrected chi connectivity index (χ0v) is 26.5. The van der Waals surface area contributed by atoms with Gasteiger partial charge in [0.05, 0.1) is 29.4 Å². The van der Waals surface area contributed by atoms with Crippen molar-refractivity contribution in [3.8, 4) is 0 Å². The third kappa shape index (κ3) is 8.67. The summed E-state index contributed by atoms with van der Waals surface area (Å²) in [5.74, 6) is -3.98. The molecule has 15 nitrogen and oxygen atoms in total. The maximum Gasteiger partial charge on any atom is 1.00 e. The summed E-state index contributed by atoms with van der Waals surface area (Å²) in [6.07, 6.45) is 2.18. The first kappa shape index (κ1) is 33.6. The molecule has 1 fully saturated rings. The number of rotatable bonds is 12. The van der Waals surface area contributed by atoms with Gasteiger partial charge in [-0.1, -0.05) is 23.0 Å². The van der Waals surface area contributed by atoms with Crippen LogP contribution in [0.25, 0.3) is 0 Å². The molecule has 2 amide bonds. The number of hydrogen-bond acceptors (Lipinski definition) is 15. The fourth-order valence-corrected chi connectivity index (χ4v) is 7.83. The molecule has 1 unspecified atom stereocenters. The van der Waals surface area contributed by atoms with E-state index >= 15 is 0 Å². The van der Waals surface area contributed by atoms with Crippen LogP contribution in [0.2, 0.25) is 0 Å². The van der Waals surface area contributed by atoms with Gasteiger partial charge in [0.2, 0.25) is 10.0 Å². The summed E-state index contributed by atoms with van der Waals surface area (Å²) in [5.41, 5.74) is 4.66. The number of aromatic nitrogens is 1. The molecule has 5 N–H and O–H groups in total. The van der Waals surface area contributed by atoms with Crippen LogP contribution in [0, 0.1) is 0 Å². The summed E-state index contributed by atoms with van der Waals surface area (Å²) in [6, 6.07) is -1.11. The van der Waals surface area contributed by atoms with Crippen molar-refractivity contribution in [3.05, 3.63) is 33.2 Å². The summed E-state index contributed by atoms with van der Waals surface area (Å²) in [5, 5.41) is 28.5. The third-order valence-electron chi connectivity index (χ3n) is 4.93. The number of carbonyl (C=O) groups excluding carboxylic acids is 3. The minimum absolute atomic E-state index is 0. The zero-order valence-electron chi connectivity index (χ0n) is 20.4. The van der Waals surface area contributed by atoms with Gasteiger partial charge in [-0.25, -0.2) is 26.5 Å². The molecule has 0 radical (unpaired) electrons. The van der Waals surface area contributed by atoms with Gasteiger partial charge in [-0.05, 0) is 5.41 Å². The van der Waals surface area contributed by atoms with Crippen molar-refractivity contribution in [1.29, 1.82) is 0 Å². The smallest absolute Gasteiger partial charge is 0.543 e. The molecule has 1 aromatic heterocycles. The molecule has 2 aliphatic rings. The van der Waals surface area contributed by atoms with Gasteiger partial charge in [0.1, 0.15) is 17.1 Å². The van der Waals surface area contributed by atoms with Crippen LogP contribution < -0.4 is 50.4 Å². The number of carboxylic acids is 1. The number of nitrogens with zero attached hydrogens (tertiary/aromatic N) is 3. The number of sulfonamides is 1. The maximum atomic E-state index is 12.8. The van der Waals surface area contributed by atoms with Gasteiger partial charge < -0.3 is 26.2 Å². The number of aliphatic carboxylic acids is 1. The Morgan fingerprint density at radius 3 is 2.64 bits per heavy atom. The predicted octanol–water partition coefficient (Wildman–Crippen LogP) is -5.52. The number of nitrogen functional groups attached to an aromatic ring is 1. The Hall–Kier alpha value is -1.65. The molecule has 0 spiro atoms. The van der Waals surface area contributed by atoms with Crippen LogP contribution in [0.4, 0.5) is 5.13 Å². The molecule has 2 atom stereocenters. The topological polar surface area (TPSA) is 241 Å². The van der Waals surface area contributed by atoms with E-state index in [4.69, 9.17) is 5.73 Å². The van der Waals surface area contributed by atoms with Crippen LogP contribution in [0.5, 0.6) is 0 Å². The van der Waals surface area contributed by atoms with E-state index in [0.717, 1.165) is 46.0 Å². The largest absolute Gasteiger partial charge is 1.00 e. The third-order valence-corrected chi connectivity index (χ3v) is 10.3. The maximum absolute atomic E-state index is 12.8. The van der Waals surface area contributed by atoms with Crippen molar-refractivity contribution in [2.45, 2.75) is 11.4 Å². The molecule has 2 aliphatic heterocycles. The monoisotopic (exact) mass is 648 g/mol. The predicted molar refractivity (Wildman–Crippen MR) is 140 cm³/mol. The average molecular weight is 649 g/mol. The quantitative estimate of drug-likeness (QED) is 0.0544. The Morgan fingerprint density at radius 2 is 2.08 bits per heavy atom. The summed E-state index contributed by atoms with van der Waals surface area (Å²) < 4.78 is 48.2. The first-order valence-corrected chi connectivity index (χ1v) is 16.9. The van der Waals surface area contributed by atoms with E-state index in [9.17, 15) is 41.5 Å². The summed E-state index contributed by atoms with van der Waals surface area (Å²) >= 11 is 3.07. The summed E-state index contributed by atoms with van der Waals surface area (Å²) in [6.45, 7) is -0.279. The molecular weight excluding hydrogens is 628 g/mol. The number of fused-ring (bicyclic) bond motifs is 1. The van der Waals surface area contributed by atoms with E-state index in [1.807, 2.05) is 0 Å². The number of carbonyl (C=O) groups is 3. The van der Waals surface area contributed by atoms with Crippen molar-refractivity contribution in [2.75, 3.05) is 35.8 Å². The molecule has 3 heterocycles. The van der Waals surface area contributed by atoms with Crippen LogP contribution in [0.15, 0.2) is 32.6 Å². The van der Waals surface area contributed by atoms with E-state index < -0.39 is 72.0 Å². The fraction of sp³-hybridized carbons (Fsp3) is 0.389. The van der Waals surface area contributed by atoms with E-state index in [1.54, 1.807) is 0 Å². The number of oxime groups is 1. The zero-order chi connectivity index (χ0) is 28.3. The van der Waals surface area contributed by atoms with Crippen molar-refractivity contribution >= 4 is 83.3 Å². The van der Waals surface area contributed by atoms with E-state index in [0.29, 0.717) is 0 Å². The van der Waals surface area contributed by atoms with Crippen molar-refractivity contribution in [2.24, 2.45) is 5.16 Å². The fourth-order valence-electron chi connectivity index (χ4n) is 3.27. The number of amides is 2. The van der Waals surface area contributed by atoms with E-state index in [2.05, 4.69) is 20.2 Å². The molecule has 0 aliphatic carbocycles. The second kappa shape index (κ2) is 13.8. The molecule has 1 saturated heterocycles. The number of anilines is 1. The Kier molecular flexibility index (Phi) is 11.9. The van der Waals surface area contributed by atoms with Gasteiger partial charge in [0, 0.05) is 22.6 Å². The second-order valence-corrected chi connectivity index (χ2v) is 14.8. The van der Waals surface area contributed by atoms with Crippen LogP contribution >= 0.6 is 34.9 Å². The number of β-lactam (4-membered cyclic amide) rings is 1. The molecule has 0 aromatic carbocycles. The van der Waals surface area contributed by atoms with Crippen LogP contribution in [0.1, 0.15) is 5.69 Å². The molecule has 0 saturated carbocycles. The van der Waals surface area contributed by atoms with Crippen molar-refractivity contribution in [3.63, 3.8) is 0 Å². The minimum atomic E-state index is -3.62. The van der Waals surface area contributed by atoms with E-state index in [1.165, 1.54) is 16.9 Å². The number of thioether (sulfide) groups is 2. The molecule has 0 bridgehead atoms. The number of hydrogen-bond donors (Lipinski definition) is 4. The Balaban J connectivity index is 0.00000533. The van der Waals surface area contributed by atoms with Crippen LogP contribution in [0.3, 0.4) is 0 Å². The van der Waals surface area contributed by atoms with Gasteiger partial charge in [-0.15, -0.1) is 23.1 Å². The first-order valence-electron chi connectivity index (χ1n) is 10.3. The molecule has 208 valence electrons. The number of thiazole rings is 1. The SMILES string of the molecule is CS(=O)(=O)NCCS(=O)(=O)C/C=C\SC1=C(C(=O)[O-])N2C(=O)C(NC(=O)/C(=N\O)c3csc(N)n3)[C@H]2SC1.[Na+]. The second-order valence-electron chi connectivity index (χ2n) is 7.71. The van der Waals surface area contributed by atoms with Gasteiger partial charge in [-0.2, -0.15) is 0 Å². The Bertz CT molecular complexity index is 1440. The summed E-state index contributed by atoms with van der Waals surface area (Å²) in [4.78, 5) is 42.2. The minimum Gasteiger partial charge on any atom is -0.543 e. The molecule has 3 rings (SSSR count). The Morgan fingerprint density at radius 1 is 1.38 bits per heavy atom. The van der Waals surface area contributed by atoms with Crippen LogP contribution in [-0.4, -0.2) is 96.9 Å². The molecule has 21 heteroatoms. The average Bonchev–Trinajstić information content (AvgIpc) is 3.24. The van der Waals surface area contributed by atoms with Gasteiger partial charge in [0.15, 0.2) is 20.7 Å². The number of nitrogens with one attached hydrogen (secondary N) is 2. The standard InChI is InChI=1S/C18H22N6O9S5.Na/c1-37(30,31)20-3-6-38(32,33)5-2-4-34-10-8-35-16-12(15(26)24(16)13(10)17(27)28)22-14(25)11(23-29)9-7-36-18(19)21-9;/h2,4,7,12,16,20,29H,3,5-6,8H2,1H3,(H2,19,21)(H,22,25)(H,27,28);/q;+1/p-1/b4-2-,23-11-;/t12?,16-;/m1./s1. The van der Waals surface area contributed by atoms with Crippen LogP contribution in [-0.2, 0) is 34.2 Å². The van der Waals surface area contributed by atoms with Crippen molar-refractivity contribution in [1.82, 2.24) is 19.9 Å². The summed E-state index contributed by atoms with van der Waals surface area (Å²) in [7, 11) is -7.14. The van der Waals surface area contributed by atoms with Gasteiger partial charge in [0.25, 0.3) is 11.8 Å². The van der Waals surface area contributed by atoms with Gasteiger partial charge >= 0.3 is 29.6 Å². The normalized spacial score (nSPS) is 19.9.